The van der Waals surface area contributed by atoms with Crippen molar-refractivity contribution in [3.63, 3.8) is 0 Å². The van der Waals surface area contributed by atoms with Gasteiger partial charge < -0.3 is 20.5 Å². The first-order valence-electron chi connectivity index (χ1n) is 6.64. The average Bonchev–Trinajstić information content (AvgIpc) is 2.29. The molecule has 0 saturated carbocycles. The largest absolute Gasteiger partial charge is 0.444 e. The first-order valence-corrected chi connectivity index (χ1v) is 6.64. The molecule has 0 aliphatic heterocycles. The number of nitrogens with zero attached hydrogens (tertiary/aromatic N) is 1. The Morgan fingerprint density at radius 3 is 2.22 bits per heavy atom. The second kappa shape index (κ2) is 10.1. The van der Waals surface area contributed by atoms with Crippen LogP contribution in [0.15, 0.2) is 0 Å². The van der Waals surface area contributed by atoms with Crippen LogP contribution in [0.2, 0.25) is 0 Å². The second-order valence-electron chi connectivity index (χ2n) is 4.79. The molecule has 0 fully saturated rings. The van der Waals surface area contributed by atoms with Gasteiger partial charge in [0.15, 0.2) is 0 Å². The highest BCUT2D eigenvalue weighted by molar-refractivity contribution is 5.68. The standard InChI is InChI=1S/C11H24N2O3.C2H6/c1-5-13(7-6-9(12)8-14)10(15)16-11(2,3)4;1-2/h9,14H,5-8,12H2,1-4H3;1-2H3. The van der Waals surface area contributed by atoms with Gasteiger partial charge in [-0.15, -0.1) is 0 Å². The number of hydrogen-bond acceptors (Lipinski definition) is 4. The van der Waals surface area contributed by atoms with Gasteiger partial charge in [0.2, 0.25) is 0 Å². The maximum atomic E-state index is 11.7. The van der Waals surface area contributed by atoms with Crippen molar-refractivity contribution in [2.45, 2.75) is 59.6 Å². The van der Waals surface area contributed by atoms with Gasteiger partial charge in [-0.2, -0.15) is 0 Å². The number of rotatable bonds is 5. The lowest BCUT2D eigenvalue weighted by Crippen LogP contribution is -2.39. The summed E-state index contributed by atoms with van der Waals surface area (Å²) in [7, 11) is 0. The maximum absolute atomic E-state index is 11.7. The van der Waals surface area contributed by atoms with Gasteiger partial charge in [0.1, 0.15) is 5.60 Å². The van der Waals surface area contributed by atoms with Crippen molar-refractivity contribution in [1.29, 1.82) is 0 Å². The highest BCUT2D eigenvalue weighted by Crippen LogP contribution is 2.10. The molecule has 0 aliphatic carbocycles. The molecule has 1 amide bonds. The van der Waals surface area contributed by atoms with Crippen molar-refractivity contribution in [2.75, 3.05) is 19.7 Å². The van der Waals surface area contributed by atoms with Gasteiger partial charge in [-0.05, 0) is 34.1 Å². The van der Waals surface area contributed by atoms with Crippen molar-refractivity contribution in [3.8, 4) is 0 Å². The van der Waals surface area contributed by atoms with E-state index in [9.17, 15) is 4.79 Å². The summed E-state index contributed by atoms with van der Waals surface area (Å²) in [6, 6.07) is -0.281. The summed E-state index contributed by atoms with van der Waals surface area (Å²) in [6.07, 6.45) is 0.240. The van der Waals surface area contributed by atoms with Crippen LogP contribution in [-0.4, -0.2) is 47.4 Å². The molecule has 18 heavy (non-hydrogen) atoms. The number of carbonyl (C=O) groups excluding carboxylic acids is 1. The lowest BCUT2D eigenvalue weighted by molar-refractivity contribution is 0.0252. The molecule has 5 heteroatoms. The first kappa shape index (κ1) is 19.5. The molecule has 0 aromatic heterocycles. The van der Waals surface area contributed by atoms with Crippen LogP contribution in [0.1, 0.15) is 48.0 Å². The monoisotopic (exact) mass is 262 g/mol. The summed E-state index contributed by atoms with van der Waals surface area (Å²) in [4.78, 5) is 13.3. The predicted octanol–water partition coefficient (Wildman–Crippen LogP) is 1.98. The zero-order valence-electron chi connectivity index (χ0n) is 12.7. The summed E-state index contributed by atoms with van der Waals surface area (Å²) in [5.41, 5.74) is 5.09. The molecule has 0 saturated heterocycles. The molecule has 0 aliphatic rings. The summed E-state index contributed by atoms with van der Waals surface area (Å²) in [5.74, 6) is 0. The molecular weight excluding hydrogens is 232 g/mol. The van der Waals surface area contributed by atoms with Crippen molar-refractivity contribution < 1.29 is 14.6 Å². The Morgan fingerprint density at radius 1 is 1.39 bits per heavy atom. The molecule has 0 rings (SSSR count). The summed E-state index contributed by atoms with van der Waals surface area (Å²) in [5, 5.41) is 8.79. The first-order chi connectivity index (χ1) is 8.30. The van der Waals surface area contributed by atoms with Gasteiger partial charge in [-0.25, -0.2) is 4.79 Å². The molecule has 0 radical (unpaired) electrons. The van der Waals surface area contributed by atoms with Gasteiger partial charge in [0.25, 0.3) is 0 Å². The number of hydrogen-bond donors (Lipinski definition) is 2. The smallest absolute Gasteiger partial charge is 0.410 e. The molecule has 0 bridgehead atoms. The fourth-order valence-electron chi connectivity index (χ4n) is 1.12. The van der Waals surface area contributed by atoms with E-state index in [-0.39, 0.29) is 18.7 Å². The van der Waals surface area contributed by atoms with Crippen LogP contribution in [0, 0.1) is 0 Å². The highest BCUT2D eigenvalue weighted by Gasteiger charge is 2.21. The maximum Gasteiger partial charge on any atom is 0.410 e. The third kappa shape index (κ3) is 10.4. The SMILES string of the molecule is CC.CCN(CCC(N)CO)C(=O)OC(C)(C)C. The molecule has 0 heterocycles. The van der Waals surface area contributed by atoms with Gasteiger partial charge in [-0.3, -0.25) is 0 Å². The lowest BCUT2D eigenvalue weighted by atomic mass is 10.2. The van der Waals surface area contributed by atoms with Gasteiger partial charge in [0.05, 0.1) is 6.61 Å². The Balaban J connectivity index is 0. The molecule has 5 nitrogen and oxygen atoms in total. The number of amides is 1. The van der Waals surface area contributed by atoms with E-state index in [2.05, 4.69) is 0 Å². The van der Waals surface area contributed by atoms with Crippen LogP contribution < -0.4 is 5.73 Å². The van der Waals surface area contributed by atoms with E-state index < -0.39 is 5.60 Å². The van der Waals surface area contributed by atoms with Crippen LogP contribution in [0.5, 0.6) is 0 Å². The Morgan fingerprint density at radius 2 is 1.89 bits per heavy atom. The summed E-state index contributed by atoms with van der Waals surface area (Å²) < 4.78 is 5.24. The molecule has 0 spiro atoms. The van der Waals surface area contributed by atoms with E-state index in [1.807, 2.05) is 41.5 Å². The molecule has 110 valence electrons. The van der Waals surface area contributed by atoms with Crippen LogP contribution in [0.3, 0.4) is 0 Å². The molecular formula is C13H30N2O3. The Labute approximate surface area is 111 Å². The Kier molecular flexibility index (Phi) is 11.0. The number of carbonyl (C=O) groups is 1. The van der Waals surface area contributed by atoms with E-state index in [0.717, 1.165) is 0 Å². The third-order valence-corrected chi connectivity index (χ3v) is 2.04. The van der Waals surface area contributed by atoms with Gasteiger partial charge >= 0.3 is 6.09 Å². The summed E-state index contributed by atoms with van der Waals surface area (Å²) in [6.45, 7) is 12.4. The van der Waals surface area contributed by atoms with E-state index in [1.54, 1.807) is 4.90 Å². The number of aliphatic hydroxyl groups is 1. The molecule has 1 atom stereocenters. The fourth-order valence-corrected chi connectivity index (χ4v) is 1.12. The minimum absolute atomic E-state index is 0.0636. The second-order valence-corrected chi connectivity index (χ2v) is 4.79. The predicted molar refractivity (Wildman–Crippen MR) is 74.5 cm³/mol. The fraction of sp³-hybridized carbons (Fsp3) is 0.923. The van der Waals surface area contributed by atoms with Crippen LogP contribution >= 0.6 is 0 Å². The van der Waals surface area contributed by atoms with Gasteiger partial charge in [0, 0.05) is 19.1 Å². The third-order valence-electron chi connectivity index (χ3n) is 2.04. The highest BCUT2D eigenvalue weighted by atomic mass is 16.6. The number of ether oxygens (including phenoxy) is 1. The quantitative estimate of drug-likeness (QED) is 0.794. The normalized spacial score (nSPS) is 12.2. The minimum Gasteiger partial charge on any atom is -0.444 e. The molecule has 0 aromatic rings. The topological polar surface area (TPSA) is 75.8 Å². The Bertz CT molecular complexity index is 215. The minimum atomic E-state index is -0.483. The zero-order valence-corrected chi connectivity index (χ0v) is 12.7. The van der Waals surface area contributed by atoms with Crippen molar-refractivity contribution in [2.24, 2.45) is 5.73 Å². The van der Waals surface area contributed by atoms with Crippen molar-refractivity contribution in [1.82, 2.24) is 4.90 Å². The van der Waals surface area contributed by atoms with E-state index >= 15 is 0 Å². The lowest BCUT2D eigenvalue weighted by Gasteiger charge is -2.27. The number of aliphatic hydroxyl groups excluding tert-OH is 1. The Hall–Kier alpha value is -0.810. The van der Waals surface area contributed by atoms with Crippen molar-refractivity contribution >= 4 is 6.09 Å². The van der Waals surface area contributed by atoms with Crippen LogP contribution in [0.4, 0.5) is 4.79 Å². The van der Waals surface area contributed by atoms with Crippen molar-refractivity contribution in [3.05, 3.63) is 0 Å². The van der Waals surface area contributed by atoms with Crippen LogP contribution in [0.25, 0.3) is 0 Å². The van der Waals surface area contributed by atoms with Crippen LogP contribution in [-0.2, 0) is 4.74 Å². The van der Waals surface area contributed by atoms with E-state index in [1.165, 1.54) is 0 Å². The van der Waals surface area contributed by atoms with E-state index in [0.29, 0.717) is 19.5 Å². The average molecular weight is 262 g/mol. The van der Waals surface area contributed by atoms with E-state index in [4.69, 9.17) is 15.6 Å². The number of nitrogens with two attached hydrogens (primary N) is 1. The summed E-state index contributed by atoms with van der Waals surface area (Å²) >= 11 is 0. The molecule has 1 unspecified atom stereocenters. The zero-order chi connectivity index (χ0) is 14.8. The molecule has 3 N–H and O–H groups in total. The van der Waals surface area contributed by atoms with Gasteiger partial charge in [-0.1, -0.05) is 13.8 Å². The molecule has 0 aromatic carbocycles.